The Morgan fingerprint density at radius 3 is 2.85 bits per heavy atom. The molecule has 0 saturated carbocycles. The van der Waals surface area contributed by atoms with Crippen molar-refractivity contribution in [1.29, 1.82) is 0 Å². The van der Waals surface area contributed by atoms with Gasteiger partial charge in [-0.3, -0.25) is 9.48 Å². The zero-order valence-corrected chi connectivity index (χ0v) is 16.5. The standard InChI is InChI=1S/C16H21N5O3S2/c1-10-15(7-17-19-16(22)6-13-8-25-12(3)18-13)11(2)21(20-10)14-4-5-26(23,24)9-14/h7-8,14H,4-6,9H2,1-3H3,(H,19,22)/b17-7-/t14-/m1/s1. The summed E-state index contributed by atoms with van der Waals surface area (Å²) in [5.74, 6) is 0.0807. The van der Waals surface area contributed by atoms with E-state index in [0.29, 0.717) is 6.42 Å². The number of aryl methyl sites for hydroxylation is 2. The Morgan fingerprint density at radius 1 is 1.46 bits per heavy atom. The summed E-state index contributed by atoms with van der Waals surface area (Å²) in [5, 5.41) is 11.3. The third kappa shape index (κ3) is 4.18. The molecule has 1 aliphatic heterocycles. The molecular formula is C16H21N5O3S2. The van der Waals surface area contributed by atoms with Gasteiger partial charge in [0.1, 0.15) is 0 Å². The number of carbonyl (C=O) groups is 1. The van der Waals surface area contributed by atoms with Gasteiger partial charge >= 0.3 is 0 Å². The van der Waals surface area contributed by atoms with Gasteiger partial charge in [-0.1, -0.05) is 0 Å². The van der Waals surface area contributed by atoms with Crippen LogP contribution in [0.2, 0.25) is 0 Å². The number of carbonyl (C=O) groups excluding carboxylic acids is 1. The molecule has 2 aromatic heterocycles. The first kappa shape index (κ1) is 18.7. The highest BCUT2D eigenvalue weighted by Crippen LogP contribution is 2.26. The number of sulfone groups is 1. The predicted molar refractivity (Wildman–Crippen MR) is 100 cm³/mol. The normalized spacial score (nSPS) is 19.3. The molecule has 3 heterocycles. The van der Waals surface area contributed by atoms with E-state index in [9.17, 15) is 13.2 Å². The van der Waals surface area contributed by atoms with Gasteiger partial charge in [0.05, 0.1) is 46.6 Å². The molecule has 0 bridgehead atoms. The second-order valence-corrected chi connectivity index (χ2v) is 9.70. The van der Waals surface area contributed by atoms with Crippen molar-refractivity contribution in [1.82, 2.24) is 20.2 Å². The van der Waals surface area contributed by atoms with Crippen LogP contribution >= 0.6 is 11.3 Å². The maximum absolute atomic E-state index is 11.9. The first-order valence-corrected chi connectivity index (χ1v) is 10.9. The minimum atomic E-state index is -2.98. The Bertz CT molecular complexity index is 959. The molecule has 3 rings (SSSR count). The van der Waals surface area contributed by atoms with Crippen molar-refractivity contribution >= 4 is 33.3 Å². The largest absolute Gasteiger partial charge is 0.273 e. The summed E-state index contributed by atoms with van der Waals surface area (Å²) in [6, 6.07) is -0.136. The van der Waals surface area contributed by atoms with Gasteiger partial charge in [0.15, 0.2) is 9.84 Å². The number of amides is 1. The number of hydrogen-bond acceptors (Lipinski definition) is 7. The Balaban J connectivity index is 1.66. The van der Waals surface area contributed by atoms with Crippen molar-refractivity contribution in [2.45, 2.75) is 39.7 Å². The van der Waals surface area contributed by atoms with Gasteiger partial charge in [-0.15, -0.1) is 11.3 Å². The third-order valence-corrected chi connectivity index (χ3v) is 6.90. The monoisotopic (exact) mass is 395 g/mol. The number of nitrogens with zero attached hydrogens (tertiary/aromatic N) is 4. The Kier molecular flexibility index (Phi) is 5.24. The summed E-state index contributed by atoms with van der Waals surface area (Å²) >= 11 is 1.50. The van der Waals surface area contributed by atoms with Crippen LogP contribution < -0.4 is 5.43 Å². The zero-order chi connectivity index (χ0) is 18.9. The number of aromatic nitrogens is 3. The lowest BCUT2D eigenvalue weighted by molar-refractivity contribution is -0.120. The van der Waals surface area contributed by atoms with Gasteiger partial charge in [0.25, 0.3) is 0 Å². The van der Waals surface area contributed by atoms with E-state index >= 15 is 0 Å². The Hall–Kier alpha value is -2.07. The Morgan fingerprint density at radius 2 is 2.23 bits per heavy atom. The maximum atomic E-state index is 11.9. The molecule has 1 amide bonds. The van der Waals surface area contributed by atoms with Crippen LogP contribution in [0.5, 0.6) is 0 Å². The van der Waals surface area contributed by atoms with Crippen LogP contribution in [0.25, 0.3) is 0 Å². The summed E-state index contributed by atoms with van der Waals surface area (Å²) in [4.78, 5) is 16.2. The molecule has 26 heavy (non-hydrogen) atoms. The van der Waals surface area contributed by atoms with Crippen molar-refractivity contribution in [3.63, 3.8) is 0 Å². The first-order valence-electron chi connectivity index (χ1n) is 8.24. The van der Waals surface area contributed by atoms with Crippen LogP contribution in [0, 0.1) is 20.8 Å². The fraction of sp³-hybridized carbons (Fsp3) is 0.500. The molecule has 1 N–H and O–H groups in total. The molecule has 0 aromatic carbocycles. The molecule has 1 atom stereocenters. The van der Waals surface area contributed by atoms with Crippen LogP contribution in [0.15, 0.2) is 10.5 Å². The number of hydrogen-bond donors (Lipinski definition) is 1. The first-order chi connectivity index (χ1) is 12.2. The highest BCUT2D eigenvalue weighted by Gasteiger charge is 2.31. The maximum Gasteiger partial charge on any atom is 0.246 e. The van der Waals surface area contributed by atoms with Gasteiger partial charge in [-0.2, -0.15) is 10.2 Å². The van der Waals surface area contributed by atoms with Gasteiger partial charge in [-0.05, 0) is 27.2 Å². The van der Waals surface area contributed by atoms with Crippen molar-refractivity contribution in [2.75, 3.05) is 11.5 Å². The van der Waals surface area contributed by atoms with Crippen molar-refractivity contribution in [3.05, 3.63) is 33.0 Å². The summed E-state index contributed by atoms with van der Waals surface area (Å²) < 4.78 is 25.2. The lowest BCUT2D eigenvalue weighted by Crippen LogP contribution is -2.20. The topological polar surface area (TPSA) is 106 Å². The predicted octanol–water partition coefficient (Wildman–Crippen LogP) is 1.32. The quantitative estimate of drug-likeness (QED) is 0.607. The van der Waals surface area contributed by atoms with E-state index in [4.69, 9.17) is 0 Å². The molecule has 10 heteroatoms. The van der Waals surface area contributed by atoms with Gasteiger partial charge in [0.2, 0.25) is 5.91 Å². The molecule has 8 nitrogen and oxygen atoms in total. The number of hydrazone groups is 1. The smallest absolute Gasteiger partial charge is 0.246 e. The number of thiazole rings is 1. The molecule has 0 unspecified atom stereocenters. The van der Waals surface area contributed by atoms with Crippen LogP contribution in [0.3, 0.4) is 0 Å². The molecule has 1 aliphatic rings. The lowest BCUT2D eigenvalue weighted by atomic mass is 10.2. The third-order valence-electron chi connectivity index (χ3n) is 4.33. The molecular weight excluding hydrogens is 374 g/mol. The van der Waals surface area contributed by atoms with E-state index in [-0.39, 0.29) is 29.9 Å². The van der Waals surface area contributed by atoms with Crippen molar-refractivity contribution in [3.8, 4) is 0 Å². The van der Waals surface area contributed by atoms with E-state index in [1.807, 2.05) is 26.2 Å². The van der Waals surface area contributed by atoms with Gasteiger partial charge in [-0.25, -0.2) is 18.8 Å². The van der Waals surface area contributed by atoms with E-state index in [2.05, 4.69) is 20.6 Å². The molecule has 140 valence electrons. The van der Waals surface area contributed by atoms with Crippen LogP contribution in [-0.2, 0) is 21.1 Å². The summed E-state index contributed by atoms with van der Waals surface area (Å²) in [5.41, 5.74) is 5.61. The van der Waals surface area contributed by atoms with Crippen LogP contribution in [0.1, 0.15) is 40.1 Å². The minimum absolute atomic E-state index is 0.120. The van der Waals surface area contributed by atoms with Crippen LogP contribution in [0.4, 0.5) is 0 Å². The lowest BCUT2D eigenvalue weighted by Gasteiger charge is -2.10. The van der Waals surface area contributed by atoms with E-state index in [0.717, 1.165) is 27.7 Å². The fourth-order valence-corrected chi connectivity index (χ4v) is 5.35. The number of nitrogens with one attached hydrogen (secondary N) is 1. The van der Waals surface area contributed by atoms with Gasteiger partial charge in [0, 0.05) is 16.6 Å². The molecule has 0 spiro atoms. The summed E-state index contributed by atoms with van der Waals surface area (Å²) in [6.45, 7) is 5.61. The molecule has 1 saturated heterocycles. The van der Waals surface area contributed by atoms with Crippen molar-refractivity contribution < 1.29 is 13.2 Å². The average molecular weight is 396 g/mol. The second kappa shape index (κ2) is 7.28. The average Bonchev–Trinajstić information content (AvgIpc) is 3.20. The SMILES string of the molecule is Cc1nc(CC(=O)N/N=C\c2c(C)nn([C@@H]3CCS(=O)(=O)C3)c2C)cs1. The summed E-state index contributed by atoms with van der Waals surface area (Å²) in [7, 11) is -2.98. The fourth-order valence-electron chi connectivity index (χ4n) is 3.05. The summed E-state index contributed by atoms with van der Waals surface area (Å²) in [6.07, 6.45) is 2.31. The zero-order valence-electron chi connectivity index (χ0n) is 14.9. The van der Waals surface area contributed by atoms with E-state index in [1.165, 1.54) is 11.3 Å². The minimum Gasteiger partial charge on any atom is -0.273 e. The van der Waals surface area contributed by atoms with Crippen LogP contribution in [-0.4, -0.2) is 46.8 Å². The highest BCUT2D eigenvalue weighted by molar-refractivity contribution is 7.91. The molecule has 0 radical (unpaired) electrons. The van der Waals surface area contributed by atoms with E-state index in [1.54, 1.807) is 10.9 Å². The molecule has 1 fully saturated rings. The number of rotatable bonds is 5. The second-order valence-electron chi connectivity index (χ2n) is 6.41. The molecule has 0 aliphatic carbocycles. The van der Waals surface area contributed by atoms with E-state index < -0.39 is 9.84 Å². The van der Waals surface area contributed by atoms with Crippen molar-refractivity contribution in [2.24, 2.45) is 5.10 Å². The van der Waals surface area contributed by atoms with Gasteiger partial charge < -0.3 is 0 Å². The molecule has 2 aromatic rings. The Labute approximate surface area is 156 Å². The highest BCUT2D eigenvalue weighted by atomic mass is 32.2.